The first-order valence-corrected chi connectivity index (χ1v) is 13.3. The number of hydrogen-bond donors (Lipinski definition) is 4. The lowest BCUT2D eigenvalue weighted by atomic mass is 9.98. The van der Waals surface area contributed by atoms with Gasteiger partial charge in [-0.2, -0.15) is 11.8 Å². The van der Waals surface area contributed by atoms with Gasteiger partial charge in [-0.3, -0.25) is 19.8 Å². The molecule has 0 rings (SSSR count). The van der Waals surface area contributed by atoms with Gasteiger partial charge in [0.1, 0.15) is 12.1 Å². The molecule has 1 unspecified atom stereocenters. The molecule has 3 atom stereocenters. The predicted octanol–water partition coefficient (Wildman–Crippen LogP) is 4.16. The van der Waals surface area contributed by atoms with E-state index in [0.717, 1.165) is 37.9 Å². The van der Waals surface area contributed by atoms with E-state index in [1.54, 1.807) is 11.8 Å². The summed E-state index contributed by atoms with van der Waals surface area (Å²) in [5.41, 5.74) is 6.20. The van der Waals surface area contributed by atoms with Crippen LogP contribution in [0.15, 0.2) is 34.9 Å². The Morgan fingerprint density at radius 3 is 2.00 bits per heavy atom. The fourth-order valence-electron chi connectivity index (χ4n) is 3.19. The minimum Gasteiger partial charge on any atom is -0.344 e. The summed E-state index contributed by atoms with van der Waals surface area (Å²) in [6.45, 7) is 13.8. The van der Waals surface area contributed by atoms with Crippen molar-refractivity contribution in [1.29, 1.82) is 0 Å². The molecule has 5 N–H and O–H groups in total. The Balaban J connectivity index is 4.71. The number of nitrogens with one attached hydrogen (secondary N) is 3. The topological polar surface area (TPSA) is 113 Å². The summed E-state index contributed by atoms with van der Waals surface area (Å²) in [7, 11) is 0. The van der Waals surface area contributed by atoms with Crippen LogP contribution < -0.4 is 21.9 Å². The summed E-state index contributed by atoms with van der Waals surface area (Å²) in [4.78, 5) is 36.5. The maximum Gasteiger partial charge on any atom is 0.257 e. The van der Waals surface area contributed by atoms with E-state index in [-0.39, 0.29) is 17.7 Å². The summed E-state index contributed by atoms with van der Waals surface area (Å²) in [5, 5.41) is 5.43. The van der Waals surface area contributed by atoms with Crippen LogP contribution in [0.25, 0.3) is 0 Å². The van der Waals surface area contributed by atoms with Crippen LogP contribution in [0.2, 0.25) is 0 Å². The highest BCUT2D eigenvalue weighted by atomic mass is 32.2. The van der Waals surface area contributed by atoms with E-state index in [2.05, 4.69) is 62.0 Å². The zero-order chi connectivity index (χ0) is 26.1. The minimum absolute atomic E-state index is 0.0614. The lowest BCUT2D eigenvalue weighted by Gasteiger charge is -2.25. The monoisotopic (exact) mass is 494 g/mol. The van der Waals surface area contributed by atoms with Gasteiger partial charge in [0.2, 0.25) is 11.8 Å². The number of carbonyl (C=O) groups excluding carboxylic acids is 3. The summed E-state index contributed by atoms with van der Waals surface area (Å²) in [6.07, 6.45) is 11.7. The number of thioether (sulfide) groups is 1. The second-order valence-corrected chi connectivity index (χ2v) is 10.2. The van der Waals surface area contributed by atoms with Crippen LogP contribution in [0.1, 0.15) is 80.6 Å². The molecule has 7 nitrogen and oxygen atoms in total. The Hall–Kier alpha value is -2.06. The smallest absolute Gasteiger partial charge is 0.257 e. The van der Waals surface area contributed by atoms with Gasteiger partial charge in [-0.05, 0) is 59.3 Å². The van der Waals surface area contributed by atoms with Gasteiger partial charge in [0.15, 0.2) is 0 Å². The Labute approximate surface area is 210 Å². The third-order valence-corrected chi connectivity index (χ3v) is 6.56. The van der Waals surface area contributed by atoms with E-state index in [4.69, 9.17) is 5.84 Å². The zero-order valence-electron chi connectivity index (χ0n) is 22.1. The van der Waals surface area contributed by atoms with Gasteiger partial charge in [-0.15, -0.1) is 0 Å². The van der Waals surface area contributed by atoms with Gasteiger partial charge >= 0.3 is 0 Å². The fraction of sp³-hybridized carbons (Fsp3) is 0.654. The van der Waals surface area contributed by atoms with Crippen molar-refractivity contribution >= 4 is 29.5 Å². The second kappa shape index (κ2) is 18.3. The molecule has 34 heavy (non-hydrogen) atoms. The highest BCUT2D eigenvalue weighted by molar-refractivity contribution is 7.99. The van der Waals surface area contributed by atoms with Crippen LogP contribution in [0.4, 0.5) is 0 Å². The second-order valence-electron chi connectivity index (χ2n) is 9.13. The molecule has 0 aliphatic rings. The molecular formula is C26H46N4O3S. The largest absolute Gasteiger partial charge is 0.344 e. The van der Waals surface area contributed by atoms with E-state index in [9.17, 15) is 14.4 Å². The standard InChI is InChI=1S/C26H46N4O3S/c1-8-21(6)24(28-22(7)31)26(33)29-23(25(32)30-27)17-34-16-15-20(5)14-10-13-19(4)12-9-11-18(2)3/h11,13,15,21,23-24H,8-10,12,14,16-17,27H2,1-7H3,(H,28,31)(H,29,33)(H,30,32)/t21-,23-,24?/m0/s1. The summed E-state index contributed by atoms with van der Waals surface area (Å²) in [5.74, 6) is 5.26. The van der Waals surface area contributed by atoms with Gasteiger partial charge in [-0.1, -0.05) is 55.2 Å². The first-order chi connectivity index (χ1) is 16.0. The number of amides is 3. The van der Waals surface area contributed by atoms with E-state index < -0.39 is 18.0 Å². The Bertz CT molecular complexity index is 742. The lowest BCUT2D eigenvalue weighted by Crippen LogP contribution is -2.57. The van der Waals surface area contributed by atoms with Gasteiger partial charge in [0, 0.05) is 18.4 Å². The van der Waals surface area contributed by atoms with Gasteiger partial charge in [-0.25, -0.2) is 5.84 Å². The first kappa shape index (κ1) is 31.9. The van der Waals surface area contributed by atoms with Crippen LogP contribution in [0.3, 0.4) is 0 Å². The maximum absolute atomic E-state index is 12.7. The molecule has 0 radical (unpaired) electrons. The quantitative estimate of drug-likeness (QED) is 0.0846. The molecule has 0 aromatic rings. The lowest BCUT2D eigenvalue weighted by molar-refractivity contribution is -0.132. The van der Waals surface area contributed by atoms with Crippen molar-refractivity contribution in [2.75, 3.05) is 11.5 Å². The average molecular weight is 495 g/mol. The van der Waals surface area contributed by atoms with E-state index in [1.807, 2.05) is 13.8 Å². The Kier molecular flexibility index (Phi) is 17.2. The third-order valence-electron chi connectivity index (χ3n) is 5.59. The van der Waals surface area contributed by atoms with Gasteiger partial charge in [0.25, 0.3) is 5.91 Å². The number of hydrazine groups is 1. The van der Waals surface area contributed by atoms with Crippen LogP contribution in [-0.2, 0) is 14.4 Å². The molecule has 8 heteroatoms. The first-order valence-electron chi connectivity index (χ1n) is 12.1. The van der Waals surface area contributed by atoms with Gasteiger partial charge < -0.3 is 10.6 Å². The molecule has 0 aromatic carbocycles. The number of allylic oxidation sites excluding steroid dienone is 5. The average Bonchev–Trinajstić information content (AvgIpc) is 2.77. The number of hydrogen-bond acceptors (Lipinski definition) is 5. The number of carbonyl (C=O) groups is 3. The molecule has 0 saturated carbocycles. The molecule has 3 amide bonds. The van der Waals surface area contributed by atoms with Crippen molar-refractivity contribution in [3.63, 3.8) is 0 Å². The number of nitrogens with two attached hydrogens (primary N) is 1. The molecule has 0 spiro atoms. The fourth-order valence-corrected chi connectivity index (χ4v) is 4.20. The van der Waals surface area contributed by atoms with Crippen molar-refractivity contribution in [3.8, 4) is 0 Å². The Morgan fingerprint density at radius 2 is 1.47 bits per heavy atom. The molecule has 0 saturated heterocycles. The van der Waals surface area contributed by atoms with Crippen molar-refractivity contribution in [2.24, 2.45) is 11.8 Å². The summed E-state index contributed by atoms with van der Waals surface area (Å²) < 4.78 is 0. The van der Waals surface area contributed by atoms with Crippen LogP contribution >= 0.6 is 11.8 Å². The number of rotatable bonds is 16. The predicted molar refractivity (Wildman–Crippen MR) is 144 cm³/mol. The minimum atomic E-state index is -0.775. The molecule has 0 aliphatic carbocycles. The Morgan fingerprint density at radius 1 is 0.882 bits per heavy atom. The molecule has 0 heterocycles. The van der Waals surface area contributed by atoms with E-state index in [1.165, 1.54) is 23.6 Å². The maximum atomic E-state index is 12.7. The normalized spacial score (nSPS) is 14.6. The van der Waals surface area contributed by atoms with E-state index >= 15 is 0 Å². The van der Waals surface area contributed by atoms with E-state index in [0.29, 0.717) is 5.75 Å². The van der Waals surface area contributed by atoms with Crippen LogP contribution in [0, 0.1) is 5.92 Å². The van der Waals surface area contributed by atoms with Crippen molar-refractivity contribution in [3.05, 3.63) is 34.9 Å². The van der Waals surface area contributed by atoms with Crippen LogP contribution in [0.5, 0.6) is 0 Å². The zero-order valence-corrected chi connectivity index (χ0v) is 22.9. The van der Waals surface area contributed by atoms with Crippen molar-refractivity contribution in [1.82, 2.24) is 16.1 Å². The molecule has 0 bridgehead atoms. The van der Waals surface area contributed by atoms with Gasteiger partial charge in [0.05, 0.1) is 0 Å². The highest BCUT2D eigenvalue weighted by Crippen LogP contribution is 2.14. The molecule has 0 aliphatic heterocycles. The van der Waals surface area contributed by atoms with Crippen molar-refractivity contribution in [2.45, 2.75) is 92.7 Å². The summed E-state index contributed by atoms with van der Waals surface area (Å²) >= 11 is 1.55. The van der Waals surface area contributed by atoms with Crippen molar-refractivity contribution < 1.29 is 14.4 Å². The summed E-state index contributed by atoms with van der Waals surface area (Å²) in [6, 6.07) is -1.47. The molecule has 0 fully saturated rings. The SMILES string of the molecule is CC[C@H](C)C(NC(C)=O)C(=O)N[C@@H](CSCC=C(C)CCC=C(C)CCC=C(C)C)C(=O)NN. The molecule has 194 valence electrons. The highest BCUT2D eigenvalue weighted by Gasteiger charge is 2.28. The molecule has 0 aromatic heterocycles. The third kappa shape index (κ3) is 15.0. The van der Waals surface area contributed by atoms with Crippen LogP contribution in [-0.4, -0.2) is 41.3 Å². The molecular weight excluding hydrogens is 448 g/mol.